The number of hydrogen-bond donors (Lipinski definition) is 1. The van der Waals surface area contributed by atoms with Crippen LogP contribution in [0.5, 0.6) is 0 Å². The third kappa shape index (κ3) is 2.45. The highest BCUT2D eigenvalue weighted by molar-refractivity contribution is 6.36. The molecule has 0 fully saturated rings. The Morgan fingerprint density at radius 3 is 2.60 bits per heavy atom. The van der Waals surface area contributed by atoms with Crippen molar-refractivity contribution < 1.29 is 19.5 Å². The molecule has 0 saturated heterocycles. The number of amides is 1. The molecule has 1 aliphatic heterocycles. The summed E-state index contributed by atoms with van der Waals surface area (Å²) >= 11 is 0. The molecular formula is C9H14N2O4. The zero-order chi connectivity index (χ0) is 11.6. The highest BCUT2D eigenvalue weighted by Crippen LogP contribution is 2.14. The first kappa shape index (κ1) is 11.5. The average molecular weight is 214 g/mol. The van der Waals surface area contributed by atoms with Crippen LogP contribution in [0.3, 0.4) is 0 Å². The summed E-state index contributed by atoms with van der Waals surface area (Å²) in [5.41, 5.74) is -0.106. The second kappa shape index (κ2) is 4.29. The van der Waals surface area contributed by atoms with Gasteiger partial charge in [0.05, 0.1) is 0 Å². The van der Waals surface area contributed by atoms with E-state index in [-0.39, 0.29) is 24.1 Å². The molecule has 0 aliphatic carbocycles. The van der Waals surface area contributed by atoms with Crippen LogP contribution in [0.15, 0.2) is 5.16 Å². The molecule has 1 aliphatic rings. The van der Waals surface area contributed by atoms with Gasteiger partial charge in [-0.05, 0) is 13.8 Å². The SMILES string of the molecule is CC(C)N(C)C(=O)C1CC(C(=O)O)=NO1. The number of oxime groups is 1. The molecule has 1 unspecified atom stereocenters. The summed E-state index contributed by atoms with van der Waals surface area (Å²) in [5.74, 6) is -1.39. The van der Waals surface area contributed by atoms with Crippen molar-refractivity contribution in [1.82, 2.24) is 4.90 Å². The van der Waals surface area contributed by atoms with E-state index in [1.165, 1.54) is 4.90 Å². The van der Waals surface area contributed by atoms with E-state index in [0.717, 1.165) is 0 Å². The third-order valence-electron chi connectivity index (χ3n) is 2.31. The summed E-state index contributed by atoms with van der Waals surface area (Å²) < 4.78 is 0. The van der Waals surface area contributed by atoms with Gasteiger partial charge in [0.25, 0.3) is 5.91 Å². The fraction of sp³-hybridized carbons (Fsp3) is 0.667. The van der Waals surface area contributed by atoms with Crippen LogP contribution >= 0.6 is 0 Å². The fourth-order valence-corrected chi connectivity index (χ4v) is 1.12. The molecule has 0 bridgehead atoms. The van der Waals surface area contributed by atoms with E-state index in [2.05, 4.69) is 5.16 Å². The van der Waals surface area contributed by atoms with Crippen molar-refractivity contribution in [3.8, 4) is 0 Å². The van der Waals surface area contributed by atoms with Crippen molar-refractivity contribution in [1.29, 1.82) is 0 Å². The molecule has 0 saturated carbocycles. The van der Waals surface area contributed by atoms with Gasteiger partial charge in [-0.3, -0.25) is 4.79 Å². The molecule has 0 aromatic carbocycles. The number of nitrogens with zero attached hydrogens (tertiary/aromatic N) is 2. The van der Waals surface area contributed by atoms with Gasteiger partial charge < -0.3 is 14.8 Å². The minimum absolute atomic E-state index is 0.0330. The van der Waals surface area contributed by atoms with E-state index in [4.69, 9.17) is 9.94 Å². The highest BCUT2D eigenvalue weighted by Gasteiger charge is 2.33. The number of hydrogen-bond acceptors (Lipinski definition) is 4. The molecule has 1 rings (SSSR count). The quantitative estimate of drug-likeness (QED) is 0.721. The monoisotopic (exact) mass is 214 g/mol. The lowest BCUT2D eigenvalue weighted by molar-refractivity contribution is -0.142. The molecule has 0 spiro atoms. The lowest BCUT2D eigenvalue weighted by atomic mass is 10.1. The van der Waals surface area contributed by atoms with Crippen molar-refractivity contribution in [3.05, 3.63) is 0 Å². The van der Waals surface area contributed by atoms with Gasteiger partial charge >= 0.3 is 5.97 Å². The molecule has 0 aromatic heterocycles. The maximum Gasteiger partial charge on any atom is 0.353 e. The molecule has 6 heteroatoms. The number of carboxylic acid groups (broad SMARTS) is 1. The van der Waals surface area contributed by atoms with Gasteiger partial charge in [-0.1, -0.05) is 5.16 Å². The number of carbonyl (C=O) groups excluding carboxylic acids is 1. The number of likely N-dealkylation sites (N-methyl/N-ethyl adjacent to an activating group) is 1. The number of carboxylic acids is 1. The topological polar surface area (TPSA) is 79.2 Å². The summed E-state index contributed by atoms with van der Waals surface area (Å²) in [6.07, 6.45) is -0.755. The zero-order valence-corrected chi connectivity index (χ0v) is 8.93. The van der Waals surface area contributed by atoms with E-state index in [1.807, 2.05) is 13.8 Å². The van der Waals surface area contributed by atoms with E-state index in [1.54, 1.807) is 7.05 Å². The standard InChI is InChI=1S/C9H14N2O4/c1-5(2)11(3)8(12)7-4-6(9(13)14)10-15-7/h5,7H,4H2,1-3H3,(H,13,14). The van der Waals surface area contributed by atoms with Crippen LogP contribution in [-0.4, -0.2) is 46.8 Å². The number of rotatable bonds is 3. The van der Waals surface area contributed by atoms with Crippen LogP contribution in [0, 0.1) is 0 Å². The van der Waals surface area contributed by atoms with Crippen LogP contribution in [0.4, 0.5) is 0 Å². The zero-order valence-electron chi connectivity index (χ0n) is 8.93. The van der Waals surface area contributed by atoms with E-state index < -0.39 is 12.1 Å². The van der Waals surface area contributed by atoms with Gasteiger partial charge in [-0.2, -0.15) is 0 Å². The fourth-order valence-electron chi connectivity index (χ4n) is 1.12. The molecule has 0 radical (unpaired) electrons. The van der Waals surface area contributed by atoms with Gasteiger partial charge in [0.1, 0.15) is 0 Å². The Kier molecular flexibility index (Phi) is 3.28. The van der Waals surface area contributed by atoms with Crippen LogP contribution in [0.25, 0.3) is 0 Å². The molecule has 84 valence electrons. The van der Waals surface area contributed by atoms with Crippen LogP contribution in [-0.2, 0) is 14.4 Å². The van der Waals surface area contributed by atoms with Gasteiger partial charge in [0, 0.05) is 19.5 Å². The van der Waals surface area contributed by atoms with Crippen LogP contribution in [0.1, 0.15) is 20.3 Å². The third-order valence-corrected chi connectivity index (χ3v) is 2.31. The smallest absolute Gasteiger partial charge is 0.353 e. The molecule has 0 aromatic rings. The highest BCUT2D eigenvalue weighted by atomic mass is 16.6. The predicted molar refractivity (Wildman–Crippen MR) is 52.5 cm³/mol. The maximum absolute atomic E-state index is 11.7. The van der Waals surface area contributed by atoms with Gasteiger partial charge in [-0.15, -0.1) is 0 Å². The minimum atomic E-state index is -1.14. The second-order valence-corrected chi connectivity index (χ2v) is 3.68. The molecular weight excluding hydrogens is 200 g/mol. The largest absolute Gasteiger partial charge is 0.477 e. The Labute approximate surface area is 87.5 Å². The van der Waals surface area contributed by atoms with Crippen LogP contribution in [0.2, 0.25) is 0 Å². The maximum atomic E-state index is 11.7. The lowest BCUT2D eigenvalue weighted by Gasteiger charge is -2.23. The Balaban J connectivity index is 2.57. The van der Waals surface area contributed by atoms with E-state index >= 15 is 0 Å². The molecule has 1 amide bonds. The van der Waals surface area contributed by atoms with E-state index in [0.29, 0.717) is 0 Å². The second-order valence-electron chi connectivity index (χ2n) is 3.68. The summed E-state index contributed by atoms with van der Waals surface area (Å²) in [6.45, 7) is 3.73. The van der Waals surface area contributed by atoms with Gasteiger partial charge in [0.2, 0.25) is 6.10 Å². The Morgan fingerprint density at radius 1 is 1.60 bits per heavy atom. The average Bonchev–Trinajstić information content (AvgIpc) is 2.64. The van der Waals surface area contributed by atoms with Crippen LogP contribution < -0.4 is 0 Å². The minimum Gasteiger partial charge on any atom is -0.477 e. The summed E-state index contributed by atoms with van der Waals surface area (Å²) in [4.78, 5) is 28.5. The molecule has 6 nitrogen and oxygen atoms in total. The van der Waals surface area contributed by atoms with Crippen molar-refractivity contribution in [2.24, 2.45) is 5.16 Å². The van der Waals surface area contributed by atoms with Gasteiger partial charge in [-0.25, -0.2) is 4.79 Å². The summed E-state index contributed by atoms with van der Waals surface area (Å²) in [6, 6.07) is 0.0509. The predicted octanol–water partition coefficient (Wildman–Crippen LogP) is 0.0827. The first-order chi connectivity index (χ1) is 6.93. The van der Waals surface area contributed by atoms with Crippen molar-refractivity contribution >= 4 is 17.6 Å². The van der Waals surface area contributed by atoms with Crippen molar-refractivity contribution in [2.45, 2.75) is 32.4 Å². The molecule has 1 N–H and O–H groups in total. The molecule has 1 heterocycles. The molecule has 1 atom stereocenters. The first-order valence-electron chi connectivity index (χ1n) is 4.66. The number of aliphatic carboxylic acids is 1. The normalized spacial score (nSPS) is 19.7. The summed E-state index contributed by atoms with van der Waals surface area (Å²) in [7, 11) is 1.65. The Hall–Kier alpha value is -1.59. The molecule has 15 heavy (non-hydrogen) atoms. The number of carbonyl (C=O) groups is 2. The first-order valence-corrected chi connectivity index (χ1v) is 4.66. The lowest BCUT2D eigenvalue weighted by Crippen LogP contribution is -2.40. The summed E-state index contributed by atoms with van der Waals surface area (Å²) in [5, 5.41) is 12.0. The van der Waals surface area contributed by atoms with Crippen molar-refractivity contribution in [3.63, 3.8) is 0 Å². The van der Waals surface area contributed by atoms with E-state index in [9.17, 15) is 9.59 Å². The Morgan fingerprint density at radius 2 is 2.20 bits per heavy atom. The van der Waals surface area contributed by atoms with Crippen molar-refractivity contribution in [2.75, 3.05) is 7.05 Å². The Bertz CT molecular complexity index is 311. The van der Waals surface area contributed by atoms with Gasteiger partial charge in [0.15, 0.2) is 5.71 Å².